The Morgan fingerprint density at radius 2 is 0.415 bits per heavy atom. The van der Waals surface area contributed by atoms with Crippen molar-refractivity contribution in [3.05, 3.63) is 0 Å². The molecule has 0 aliphatic carbocycles. The first kappa shape index (κ1) is 131. The topological polar surface area (TPSA) is 237 Å². The summed E-state index contributed by atoms with van der Waals surface area (Å²) < 4.78 is 30.4. The fourth-order valence-electron chi connectivity index (χ4n) is 4.47. The molecular formula is C50H140O15. The number of aliphatic hydroxyl groups excluding tert-OH is 9. The van der Waals surface area contributed by atoms with Crippen LogP contribution in [0.25, 0.3) is 0 Å². The molecule has 430 valence electrons. The normalized spacial score (nSPS) is 28.4. The van der Waals surface area contributed by atoms with E-state index in [1.54, 1.807) is 20.8 Å². The number of rotatable bonds is 6. The highest BCUT2D eigenvalue weighted by atomic mass is 16.7. The van der Waals surface area contributed by atoms with Crippen molar-refractivity contribution in [3.63, 3.8) is 0 Å². The summed E-state index contributed by atoms with van der Waals surface area (Å²) in [5.41, 5.74) is 0. The molecule has 0 spiro atoms. The molecule has 0 radical (unpaired) electrons. The minimum Gasteiger partial charge on any atom is -0.394 e. The molecule has 65 heavy (non-hydrogen) atoms. The summed E-state index contributed by atoms with van der Waals surface area (Å²) >= 11 is 0. The highest BCUT2D eigenvalue weighted by Gasteiger charge is 2.43. The lowest BCUT2D eigenvalue weighted by Crippen LogP contribution is -2.55. The number of aliphatic hydroxyl groups is 9. The van der Waals surface area contributed by atoms with Crippen LogP contribution in [-0.4, -0.2) is 161 Å². The van der Waals surface area contributed by atoms with Crippen LogP contribution in [0.5, 0.6) is 0 Å². The zero-order valence-electron chi connectivity index (χ0n) is 35.3. The highest BCUT2D eigenvalue weighted by molar-refractivity contribution is 4.88. The van der Waals surface area contributed by atoms with Crippen LogP contribution < -0.4 is 0 Å². The van der Waals surface area contributed by atoms with Crippen molar-refractivity contribution in [1.82, 2.24) is 0 Å². The van der Waals surface area contributed by atoms with E-state index in [9.17, 15) is 30.6 Å². The maximum atomic E-state index is 9.53. The van der Waals surface area contributed by atoms with Crippen molar-refractivity contribution < 1.29 is 74.4 Å². The van der Waals surface area contributed by atoms with E-state index in [0.29, 0.717) is 0 Å². The Bertz CT molecular complexity index is 527. The molecule has 0 aromatic heterocycles. The van der Waals surface area contributed by atoms with Gasteiger partial charge in [-0.15, -0.1) is 0 Å². The maximum absolute atomic E-state index is 9.53. The van der Waals surface area contributed by atoms with E-state index in [-0.39, 0.29) is 142 Å². The maximum Gasteiger partial charge on any atom is 0.162 e. The van der Waals surface area contributed by atoms with Crippen LogP contribution in [0.4, 0.5) is 0 Å². The van der Waals surface area contributed by atoms with Gasteiger partial charge in [-0.05, 0) is 0 Å². The molecule has 3 fully saturated rings. The lowest BCUT2D eigenvalue weighted by Gasteiger charge is -2.40. The molecule has 3 aliphatic heterocycles. The van der Waals surface area contributed by atoms with E-state index >= 15 is 0 Å². The van der Waals surface area contributed by atoms with Gasteiger partial charge in [0.25, 0.3) is 0 Å². The van der Waals surface area contributed by atoms with Gasteiger partial charge in [0.15, 0.2) is 18.9 Å². The molecule has 3 saturated heterocycles. The summed E-state index contributed by atoms with van der Waals surface area (Å²) in [5.74, 6) is -0.909. The number of hydrogen-bond acceptors (Lipinski definition) is 15. The fraction of sp³-hybridized carbons (Fsp3) is 1.00. The second-order valence-electron chi connectivity index (χ2n) is 9.90. The Labute approximate surface area is 414 Å². The molecule has 15 unspecified atom stereocenters. The van der Waals surface area contributed by atoms with Crippen LogP contribution in [0, 0.1) is 17.8 Å². The zero-order valence-corrected chi connectivity index (χ0v) is 35.3. The Kier molecular flexibility index (Phi) is 175. The molecule has 15 atom stereocenters. The Balaban J connectivity index is -0.0000000211. The molecule has 0 amide bonds. The van der Waals surface area contributed by atoms with Gasteiger partial charge in [-0.2, -0.15) is 0 Å². The van der Waals surface area contributed by atoms with Gasteiger partial charge in [-0.25, -0.2) is 0 Å². The summed E-state index contributed by atoms with van der Waals surface area (Å²) in [5, 5.41) is 83.4. The summed E-state index contributed by atoms with van der Waals surface area (Å²) in [4.78, 5) is 0. The second-order valence-corrected chi connectivity index (χ2v) is 9.90. The van der Waals surface area contributed by atoms with Crippen LogP contribution in [0.1, 0.15) is 208 Å². The third-order valence-corrected chi connectivity index (χ3v) is 7.26. The van der Waals surface area contributed by atoms with Crippen LogP contribution in [0.15, 0.2) is 0 Å². The molecule has 3 aliphatic rings. The van der Waals surface area contributed by atoms with Gasteiger partial charge in [0, 0.05) is 39.1 Å². The third-order valence-electron chi connectivity index (χ3n) is 7.26. The molecule has 0 aromatic carbocycles. The van der Waals surface area contributed by atoms with Gasteiger partial charge in [0.2, 0.25) is 0 Å². The van der Waals surface area contributed by atoms with E-state index in [1.165, 1.54) is 21.3 Å². The standard InChI is InChI=1S/3C8H16O5.6C2H6.14CH4/c3*1-4-6(10)7(11)5(3-9)13-8(4)12-2;6*1-2;;;;;;;;;;;;;;/h3*4-11H,3H2,1-2H3;6*1-2H3;14*1H4. The molecule has 3 heterocycles. The highest BCUT2D eigenvalue weighted by Crippen LogP contribution is 2.27. The van der Waals surface area contributed by atoms with Crippen LogP contribution in [0.2, 0.25) is 0 Å². The van der Waals surface area contributed by atoms with Crippen molar-refractivity contribution in [2.45, 2.75) is 282 Å². The fourth-order valence-corrected chi connectivity index (χ4v) is 4.47. The number of methoxy groups -OCH3 is 3. The summed E-state index contributed by atoms with van der Waals surface area (Å²) in [6.45, 7) is 28.2. The van der Waals surface area contributed by atoms with Crippen molar-refractivity contribution >= 4 is 0 Å². The van der Waals surface area contributed by atoms with Crippen LogP contribution in [0.3, 0.4) is 0 Å². The first-order chi connectivity index (χ1) is 24.3. The summed E-state index contributed by atoms with van der Waals surface area (Å²) in [7, 11) is 4.38. The average molecular weight is 982 g/mol. The van der Waals surface area contributed by atoms with E-state index in [2.05, 4.69) is 0 Å². The lowest BCUT2D eigenvalue weighted by atomic mass is 9.93. The van der Waals surface area contributed by atoms with Gasteiger partial charge >= 0.3 is 0 Å². The largest absolute Gasteiger partial charge is 0.394 e. The molecular weight excluding hydrogens is 841 g/mol. The molecule has 15 heteroatoms. The van der Waals surface area contributed by atoms with Gasteiger partial charge < -0.3 is 74.4 Å². The van der Waals surface area contributed by atoms with Crippen LogP contribution >= 0.6 is 0 Å². The van der Waals surface area contributed by atoms with E-state index in [4.69, 9.17) is 43.7 Å². The van der Waals surface area contributed by atoms with Crippen molar-refractivity contribution in [2.75, 3.05) is 41.2 Å². The second kappa shape index (κ2) is 86.6. The number of ether oxygens (including phenoxy) is 6. The minimum absolute atomic E-state index is 0. The van der Waals surface area contributed by atoms with Crippen LogP contribution in [-0.2, 0) is 28.4 Å². The first-order valence-electron chi connectivity index (χ1n) is 18.8. The summed E-state index contributed by atoms with van der Waals surface area (Å²) in [6, 6.07) is 0. The predicted octanol–water partition coefficient (Wildman–Crippen LogP) is 11.2. The zero-order chi connectivity index (χ0) is 42.0. The Morgan fingerprint density at radius 1 is 0.292 bits per heavy atom. The average Bonchev–Trinajstić information content (AvgIpc) is 3.20. The van der Waals surface area contributed by atoms with Crippen molar-refractivity contribution in [3.8, 4) is 0 Å². The van der Waals surface area contributed by atoms with Crippen molar-refractivity contribution in [1.29, 1.82) is 0 Å². The predicted molar refractivity (Wildman–Crippen MR) is 294 cm³/mol. The smallest absolute Gasteiger partial charge is 0.162 e. The van der Waals surface area contributed by atoms with E-state index in [1.807, 2.05) is 83.1 Å². The van der Waals surface area contributed by atoms with Crippen molar-refractivity contribution in [2.24, 2.45) is 17.8 Å². The first-order valence-corrected chi connectivity index (χ1v) is 18.8. The molecule has 3 rings (SSSR count). The molecule has 0 bridgehead atoms. The van der Waals surface area contributed by atoms with E-state index < -0.39 is 73.8 Å². The van der Waals surface area contributed by atoms with Gasteiger partial charge in [-0.3, -0.25) is 0 Å². The lowest BCUT2D eigenvalue weighted by molar-refractivity contribution is -0.274. The molecule has 0 saturated carbocycles. The van der Waals surface area contributed by atoms with Gasteiger partial charge in [0.05, 0.1) is 38.1 Å². The molecule has 9 N–H and O–H groups in total. The van der Waals surface area contributed by atoms with E-state index in [0.717, 1.165) is 0 Å². The number of hydrogen-bond donors (Lipinski definition) is 9. The molecule has 0 aromatic rings. The quantitative estimate of drug-likeness (QED) is 0.120. The summed E-state index contributed by atoms with van der Waals surface area (Å²) in [6.07, 6.45) is -9.93. The Morgan fingerprint density at radius 3 is 0.508 bits per heavy atom. The minimum atomic E-state index is -1.05. The SMILES string of the molecule is C.C.C.C.C.C.C.C.C.C.C.C.C.C.CC.CC.CC.CC.CC.CC.COC1OC(CO)C(O)C(O)C1C.COC1OC(CO)C(O)C(O)C1C.COC1OC(CO)C(O)C(O)C1C. The third kappa shape index (κ3) is 46.9. The van der Waals surface area contributed by atoms with Gasteiger partial charge in [-0.1, -0.05) is 208 Å². The monoisotopic (exact) mass is 981 g/mol. The van der Waals surface area contributed by atoms with Gasteiger partial charge in [0.1, 0.15) is 36.6 Å². The Hall–Kier alpha value is -0.600. The molecule has 15 nitrogen and oxygen atoms in total.